The lowest BCUT2D eigenvalue weighted by molar-refractivity contribution is -0.385. The van der Waals surface area contributed by atoms with Crippen molar-refractivity contribution in [3.05, 3.63) is 62.4 Å². The number of benzene rings is 2. The monoisotopic (exact) mass is 415 g/mol. The minimum Gasteiger partial charge on any atom is -0.366 e. The van der Waals surface area contributed by atoms with Crippen molar-refractivity contribution in [2.24, 2.45) is 0 Å². The normalized spacial score (nSPS) is 14.7. The molecule has 1 aliphatic heterocycles. The second kappa shape index (κ2) is 6.91. The van der Waals surface area contributed by atoms with Gasteiger partial charge in [-0.05, 0) is 28.1 Å². The Morgan fingerprint density at radius 2 is 1.44 bits per heavy atom. The van der Waals surface area contributed by atoms with Crippen molar-refractivity contribution in [1.82, 2.24) is 0 Å². The Hall–Kier alpha value is -2.29. The second-order valence-corrected chi connectivity index (χ2v) is 6.44. The summed E-state index contributed by atoms with van der Waals surface area (Å²) in [6.45, 7) is 1.50. The first-order valence-corrected chi connectivity index (χ1v) is 8.24. The fourth-order valence-corrected chi connectivity index (χ4v) is 3.12. The molecule has 3 rings (SSSR count). The molecule has 9 heteroatoms. The molecule has 5 nitrogen and oxygen atoms in total. The summed E-state index contributed by atoms with van der Waals surface area (Å²) >= 11 is 2.94. The maximum atomic E-state index is 14.1. The highest BCUT2D eigenvalue weighted by atomic mass is 79.9. The van der Waals surface area contributed by atoms with Crippen molar-refractivity contribution in [3.63, 3.8) is 0 Å². The summed E-state index contributed by atoms with van der Waals surface area (Å²) in [6.07, 6.45) is 0. The topological polar surface area (TPSA) is 49.6 Å². The molecule has 0 unspecified atom stereocenters. The molecule has 0 saturated carbocycles. The van der Waals surface area contributed by atoms with Crippen LogP contribution in [0.4, 0.5) is 30.2 Å². The minimum absolute atomic E-state index is 0.0559. The van der Waals surface area contributed by atoms with Gasteiger partial charge in [0.25, 0.3) is 5.69 Å². The van der Waals surface area contributed by atoms with Gasteiger partial charge < -0.3 is 9.80 Å². The summed E-state index contributed by atoms with van der Waals surface area (Å²) in [5.74, 6) is -1.77. The molecule has 0 aliphatic carbocycles. The number of hydrogen-bond donors (Lipinski definition) is 0. The highest BCUT2D eigenvalue weighted by Gasteiger charge is 2.23. The number of anilines is 2. The maximum absolute atomic E-state index is 14.1. The van der Waals surface area contributed by atoms with Gasteiger partial charge in [-0.2, -0.15) is 0 Å². The van der Waals surface area contributed by atoms with E-state index >= 15 is 0 Å². The van der Waals surface area contributed by atoms with Gasteiger partial charge in [0.05, 0.1) is 26.8 Å². The van der Waals surface area contributed by atoms with E-state index in [1.54, 1.807) is 9.80 Å². The zero-order valence-electron chi connectivity index (χ0n) is 12.9. The number of rotatable bonds is 3. The molecule has 0 amide bonds. The van der Waals surface area contributed by atoms with E-state index in [1.807, 2.05) is 0 Å². The fourth-order valence-electron chi connectivity index (χ4n) is 2.81. The van der Waals surface area contributed by atoms with Gasteiger partial charge in [-0.15, -0.1) is 0 Å². The zero-order valence-corrected chi connectivity index (χ0v) is 14.5. The van der Waals surface area contributed by atoms with Crippen LogP contribution in [0.1, 0.15) is 0 Å². The Morgan fingerprint density at radius 1 is 0.880 bits per heavy atom. The predicted octanol–water partition coefficient (Wildman–Crippen LogP) is 4.10. The highest BCUT2D eigenvalue weighted by molar-refractivity contribution is 9.10. The van der Waals surface area contributed by atoms with Crippen LogP contribution >= 0.6 is 15.9 Å². The number of hydrogen-bond acceptors (Lipinski definition) is 4. The minimum atomic E-state index is -0.677. The first kappa shape index (κ1) is 17.5. The van der Waals surface area contributed by atoms with Crippen LogP contribution in [-0.2, 0) is 0 Å². The molecule has 0 spiro atoms. The van der Waals surface area contributed by atoms with Crippen LogP contribution in [0.25, 0.3) is 0 Å². The number of halogens is 4. The first-order valence-electron chi connectivity index (χ1n) is 7.45. The Balaban J connectivity index is 1.74. The summed E-state index contributed by atoms with van der Waals surface area (Å²) in [7, 11) is 0. The van der Waals surface area contributed by atoms with Gasteiger partial charge in [0.2, 0.25) is 0 Å². The lowest BCUT2D eigenvalue weighted by Gasteiger charge is -2.37. The number of non-ortho nitro benzene ring substituents is 1. The van der Waals surface area contributed by atoms with Crippen LogP contribution in [0.2, 0.25) is 0 Å². The van der Waals surface area contributed by atoms with E-state index in [2.05, 4.69) is 15.9 Å². The van der Waals surface area contributed by atoms with Crippen LogP contribution in [0.15, 0.2) is 34.8 Å². The quantitative estimate of drug-likeness (QED) is 0.430. The standard InChI is InChI=1S/C16H13BrF3N3O2/c17-11-8-14(20)16(9-12(11)18)22-5-3-21(4-6-22)15-2-1-10(23(24)25)7-13(15)19/h1-2,7-9H,3-6H2. The lowest BCUT2D eigenvalue weighted by Crippen LogP contribution is -2.47. The van der Waals surface area contributed by atoms with Gasteiger partial charge in [0, 0.05) is 38.3 Å². The van der Waals surface area contributed by atoms with Crippen LogP contribution in [0.3, 0.4) is 0 Å². The molecule has 1 aliphatic rings. The average Bonchev–Trinajstić information content (AvgIpc) is 2.58. The molecule has 1 saturated heterocycles. The molecule has 2 aromatic carbocycles. The lowest BCUT2D eigenvalue weighted by atomic mass is 10.2. The molecule has 1 fully saturated rings. The van der Waals surface area contributed by atoms with Gasteiger partial charge >= 0.3 is 0 Å². The molecule has 25 heavy (non-hydrogen) atoms. The molecule has 0 radical (unpaired) electrons. The number of nitro groups is 1. The van der Waals surface area contributed by atoms with Crippen molar-refractivity contribution < 1.29 is 18.1 Å². The van der Waals surface area contributed by atoms with Gasteiger partial charge in [-0.1, -0.05) is 0 Å². The number of piperazine rings is 1. The van der Waals surface area contributed by atoms with E-state index in [4.69, 9.17) is 0 Å². The first-order chi connectivity index (χ1) is 11.9. The Morgan fingerprint density at radius 3 is 2.00 bits per heavy atom. The summed E-state index contributed by atoms with van der Waals surface area (Å²) in [5, 5.41) is 10.7. The molecule has 2 aromatic rings. The number of nitrogens with zero attached hydrogens (tertiary/aromatic N) is 3. The third kappa shape index (κ3) is 3.55. The molecule has 132 valence electrons. The van der Waals surface area contributed by atoms with Crippen molar-refractivity contribution >= 4 is 33.0 Å². The predicted molar refractivity (Wildman–Crippen MR) is 91.5 cm³/mol. The van der Waals surface area contributed by atoms with E-state index in [0.29, 0.717) is 26.2 Å². The Labute approximate surface area is 149 Å². The smallest absolute Gasteiger partial charge is 0.272 e. The fraction of sp³-hybridized carbons (Fsp3) is 0.250. The van der Waals surface area contributed by atoms with Crippen molar-refractivity contribution in [2.45, 2.75) is 0 Å². The highest BCUT2D eigenvalue weighted by Crippen LogP contribution is 2.29. The largest absolute Gasteiger partial charge is 0.366 e. The second-order valence-electron chi connectivity index (χ2n) is 5.58. The third-order valence-electron chi connectivity index (χ3n) is 4.09. The third-order valence-corrected chi connectivity index (χ3v) is 4.70. The molecular weight excluding hydrogens is 403 g/mol. The van der Waals surface area contributed by atoms with Crippen LogP contribution < -0.4 is 9.80 Å². The number of nitro benzene ring substituents is 1. The Kier molecular flexibility index (Phi) is 4.85. The molecule has 0 bridgehead atoms. The molecule has 0 atom stereocenters. The summed E-state index contributed by atoms with van der Waals surface area (Å²) in [4.78, 5) is 13.4. The van der Waals surface area contributed by atoms with Crippen LogP contribution in [0, 0.1) is 27.6 Å². The summed E-state index contributed by atoms with van der Waals surface area (Å²) in [5.41, 5.74) is 0.101. The van der Waals surface area contributed by atoms with E-state index < -0.39 is 22.4 Å². The molecular formula is C16H13BrF3N3O2. The molecule has 0 N–H and O–H groups in total. The van der Waals surface area contributed by atoms with Crippen molar-refractivity contribution in [2.75, 3.05) is 36.0 Å². The summed E-state index contributed by atoms with van der Waals surface area (Å²) in [6, 6.07) is 5.69. The van der Waals surface area contributed by atoms with E-state index in [0.717, 1.165) is 18.2 Å². The Bertz CT molecular complexity index is 827. The van der Waals surface area contributed by atoms with Crippen molar-refractivity contribution in [3.8, 4) is 0 Å². The van der Waals surface area contributed by atoms with E-state index in [1.165, 1.54) is 12.1 Å². The molecule has 0 aromatic heterocycles. The maximum Gasteiger partial charge on any atom is 0.272 e. The summed E-state index contributed by atoms with van der Waals surface area (Å²) < 4.78 is 41.9. The van der Waals surface area contributed by atoms with Crippen LogP contribution in [0.5, 0.6) is 0 Å². The van der Waals surface area contributed by atoms with Gasteiger partial charge in [-0.3, -0.25) is 10.1 Å². The van der Waals surface area contributed by atoms with Gasteiger partial charge in [0.15, 0.2) is 5.82 Å². The van der Waals surface area contributed by atoms with E-state index in [9.17, 15) is 23.3 Å². The zero-order chi connectivity index (χ0) is 18.1. The SMILES string of the molecule is O=[N+]([O-])c1ccc(N2CCN(c3cc(F)c(Br)cc3F)CC2)c(F)c1. The van der Waals surface area contributed by atoms with Gasteiger partial charge in [0.1, 0.15) is 11.6 Å². The van der Waals surface area contributed by atoms with Crippen molar-refractivity contribution in [1.29, 1.82) is 0 Å². The van der Waals surface area contributed by atoms with E-state index in [-0.39, 0.29) is 21.5 Å². The van der Waals surface area contributed by atoms with Crippen LogP contribution in [-0.4, -0.2) is 31.1 Å². The average molecular weight is 416 g/mol. The van der Waals surface area contributed by atoms with Gasteiger partial charge in [-0.25, -0.2) is 13.2 Å². The molecule has 1 heterocycles.